The van der Waals surface area contributed by atoms with Crippen LogP contribution in [0.25, 0.3) is 11.3 Å². The topological polar surface area (TPSA) is 140 Å². The highest BCUT2D eigenvalue weighted by molar-refractivity contribution is 5.67. The molecule has 2 aromatic heterocycles. The predicted molar refractivity (Wildman–Crippen MR) is 110 cm³/mol. The van der Waals surface area contributed by atoms with Gasteiger partial charge in [-0.25, -0.2) is 4.98 Å². The van der Waals surface area contributed by atoms with Crippen molar-refractivity contribution in [3.63, 3.8) is 0 Å². The Morgan fingerprint density at radius 2 is 1.73 bits per heavy atom. The lowest BCUT2D eigenvalue weighted by Gasteiger charge is -2.26. The predicted octanol–water partition coefficient (Wildman–Crippen LogP) is 0.924. The largest absolute Gasteiger partial charge is 0.392 e. The van der Waals surface area contributed by atoms with E-state index in [1.165, 1.54) is 0 Å². The highest BCUT2D eigenvalue weighted by atomic mass is 16.5. The number of aliphatic hydroxyl groups is 3. The molecule has 0 aliphatic carbocycles. The minimum Gasteiger partial charge on any atom is -0.392 e. The maximum Gasteiger partial charge on any atom is 0.227 e. The number of hydrogen-bond donors (Lipinski definition) is 5. The quantitative estimate of drug-likeness (QED) is 0.383. The zero-order valence-corrected chi connectivity index (χ0v) is 16.4. The van der Waals surface area contributed by atoms with Crippen LogP contribution in [0.4, 0.5) is 17.6 Å². The van der Waals surface area contributed by atoms with Crippen LogP contribution in [-0.4, -0.2) is 61.8 Å². The first-order chi connectivity index (χ1) is 14.7. The van der Waals surface area contributed by atoms with Gasteiger partial charge in [0.15, 0.2) is 5.82 Å². The molecule has 1 fully saturated rings. The molecule has 10 heteroatoms. The van der Waals surface area contributed by atoms with Crippen molar-refractivity contribution in [2.24, 2.45) is 0 Å². The third-order valence-corrected chi connectivity index (χ3v) is 5.02. The second-order valence-corrected chi connectivity index (χ2v) is 6.88. The number of morpholine rings is 1. The molecule has 0 saturated carbocycles. The Labute approximate surface area is 173 Å². The molecule has 0 unspecified atom stereocenters. The Morgan fingerprint density at radius 3 is 2.40 bits per heavy atom. The van der Waals surface area contributed by atoms with Gasteiger partial charge in [-0.3, -0.25) is 5.10 Å². The molecule has 3 aromatic rings. The molecule has 1 aromatic carbocycles. The summed E-state index contributed by atoms with van der Waals surface area (Å²) in [5.74, 6) is 1.82. The number of H-pyrrole nitrogens is 1. The first-order valence-electron chi connectivity index (χ1n) is 9.67. The number of aromatic amines is 1. The van der Waals surface area contributed by atoms with Gasteiger partial charge in [-0.2, -0.15) is 10.1 Å². The molecule has 10 nitrogen and oxygen atoms in total. The third kappa shape index (κ3) is 4.26. The molecule has 0 spiro atoms. The van der Waals surface area contributed by atoms with E-state index in [9.17, 15) is 15.3 Å². The second-order valence-electron chi connectivity index (χ2n) is 6.88. The van der Waals surface area contributed by atoms with Gasteiger partial charge in [0, 0.05) is 30.9 Å². The number of nitrogens with one attached hydrogen (secondary N) is 2. The zero-order valence-electron chi connectivity index (χ0n) is 16.4. The molecule has 4 rings (SSSR count). The van der Waals surface area contributed by atoms with Crippen LogP contribution in [0, 0.1) is 0 Å². The number of hydrogen-bond acceptors (Lipinski definition) is 9. The van der Waals surface area contributed by atoms with Gasteiger partial charge in [-0.1, -0.05) is 0 Å². The summed E-state index contributed by atoms with van der Waals surface area (Å²) in [7, 11) is 0. The van der Waals surface area contributed by atoms with E-state index in [1.807, 2.05) is 6.07 Å². The Bertz CT molecular complexity index is 977. The molecule has 0 radical (unpaired) electrons. The summed E-state index contributed by atoms with van der Waals surface area (Å²) in [4.78, 5) is 11.0. The van der Waals surface area contributed by atoms with Gasteiger partial charge in [0.2, 0.25) is 5.95 Å². The molecular formula is C20H24N6O4. The minimum absolute atomic E-state index is 0.235. The lowest BCUT2D eigenvalue weighted by atomic mass is 9.97. The summed E-state index contributed by atoms with van der Waals surface area (Å²) in [6.07, 6.45) is 1.70. The van der Waals surface area contributed by atoms with Crippen LogP contribution in [0.5, 0.6) is 0 Å². The van der Waals surface area contributed by atoms with E-state index >= 15 is 0 Å². The Morgan fingerprint density at radius 1 is 1.00 bits per heavy atom. The van der Waals surface area contributed by atoms with Gasteiger partial charge in [-0.15, -0.1) is 0 Å². The van der Waals surface area contributed by atoms with Gasteiger partial charge < -0.3 is 30.3 Å². The van der Waals surface area contributed by atoms with Crippen LogP contribution in [0.1, 0.15) is 16.7 Å². The van der Waals surface area contributed by atoms with E-state index in [2.05, 4.69) is 30.4 Å². The Balaban J connectivity index is 1.55. The highest BCUT2D eigenvalue weighted by Gasteiger charge is 2.15. The molecular weight excluding hydrogens is 388 g/mol. The van der Waals surface area contributed by atoms with E-state index in [-0.39, 0.29) is 19.8 Å². The van der Waals surface area contributed by atoms with Crippen LogP contribution >= 0.6 is 0 Å². The molecule has 1 aliphatic rings. The number of rotatable bonds is 7. The molecule has 158 valence electrons. The van der Waals surface area contributed by atoms with E-state index in [0.717, 1.165) is 18.7 Å². The zero-order chi connectivity index (χ0) is 20.9. The Kier molecular flexibility index (Phi) is 6.19. The second kappa shape index (κ2) is 9.18. The molecule has 1 aliphatic heterocycles. The number of benzene rings is 1. The van der Waals surface area contributed by atoms with Crippen LogP contribution in [0.3, 0.4) is 0 Å². The number of ether oxygens (including phenoxy) is 1. The first-order valence-corrected chi connectivity index (χ1v) is 9.67. The fourth-order valence-corrected chi connectivity index (χ4v) is 3.44. The SMILES string of the molecule is OCc1cc(-c2cc(Nc3ccnc(N4CCOCC4)n3)n[nH]2)cc(CO)c1CO. The fraction of sp³-hybridized carbons (Fsp3) is 0.350. The average molecular weight is 412 g/mol. The summed E-state index contributed by atoms with van der Waals surface area (Å²) in [5, 5.41) is 39.2. The lowest BCUT2D eigenvalue weighted by Crippen LogP contribution is -2.37. The molecule has 1 saturated heterocycles. The van der Waals surface area contributed by atoms with Crippen LogP contribution in [-0.2, 0) is 24.6 Å². The molecule has 3 heterocycles. The van der Waals surface area contributed by atoms with Crippen molar-refractivity contribution in [1.82, 2.24) is 20.2 Å². The smallest absolute Gasteiger partial charge is 0.227 e. The maximum absolute atomic E-state index is 9.62. The van der Waals surface area contributed by atoms with E-state index in [0.29, 0.717) is 53.2 Å². The van der Waals surface area contributed by atoms with Gasteiger partial charge in [0.05, 0.1) is 38.7 Å². The number of aromatic nitrogens is 4. The maximum atomic E-state index is 9.62. The first kappa shape index (κ1) is 20.2. The average Bonchev–Trinajstić information content (AvgIpc) is 3.27. The highest BCUT2D eigenvalue weighted by Crippen LogP contribution is 2.27. The summed E-state index contributed by atoms with van der Waals surface area (Å²) in [5.41, 5.74) is 3.12. The minimum atomic E-state index is -0.249. The van der Waals surface area contributed by atoms with Crippen molar-refractivity contribution in [1.29, 1.82) is 0 Å². The third-order valence-electron chi connectivity index (χ3n) is 5.02. The van der Waals surface area contributed by atoms with Crippen molar-refractivity contribution in [3.05, 3.63) is 47.2 Å². The Hall–Kier alpha value is -3.05. The van der Waals surface area contributed by atoms with E-state index < -0.39 is 0 Å². The number of anilines is 3. The van der Waals surface area contributed by atoms with Crippen molar-refractivity contribution >= 4 is 17.6 Å². The molecule has 0 atom stereocenters. The van der Waals surface area contributed by atoms with Gasteiger partial charge in [-0.05, 0) is 34.9 Å². The summed E-state index contributed by atoms with van der Waals surface area (Å²) >= 11 is 0. The van der Waals surface area contributed by atoms with Crippen molar-refractivity contribution in [2.75, 3.05) is 36.5 Å². The summed E-state index contributed by atoms with van der Waals surface area (Å²) in [6, 6.07) is 7.11. The van der Waals surface area contributed by atoms with E-state index in [1.54, 1.807) is 24.4 Å². The van der Waals surface area contributed by atoms with Crippen LogP contribution < -0.4 is 10.2 Å². The summed E-state index contributed by atoms with van der Waals surface area (Å²) in [6.45, 7) is 2.10. The molecule has 0 bridgehead atoms. The monoisotopic (exact) mass is 412 g/mol. The van der Waals surface area contributed by atoms with Crippen molar-refractivity contribution in [3.8, 4) is 11.3 Å². The lowest BCUT2D eigenvalue weighted by molar-refractivity contribution is 0.122. The van der Waals surface area contributed by atoms with Crippen molar-refractivity contribution < 1.29 is 20.1 Å². The van der Waals surface area contributed by atoms with Crippen molar-refractivity contribution in [2.45, 2.75) is 19.8 Å². The standard InChI is InChI=1S/C20H24N6O4/c27-10-14-7-13(8-15(11-28)16(14)12-29)17-9-19(25-24-17)22-18-1-2-21-20(23-18)26-3-5-30-6-4-26/h1-2,7-9,27-29H,3-6,10-12H2,(H2,21,22,23,24,25). The molecule has 0 amide bonds. The van der Waals surface area contributed by atoms with Gasteiger partial charge >= 0.3 is 0 Å². The summed E-state index contributed by atoms with van der Waals surface area (Å²) < 4.78 is 5.37. The molecule has 30 heavy (non-hydrogen) atoms. The number of nitrogens with zero attached hydrogens (tertiary/aromatic N) is 4. The fourth-order valence-electron chi connectivity index (χ4n) is 3.44. The van der Waals surface area contributed by atoms with Crippen LogP contribution in [0.15, 0.2) is 30.5 Å². The number of aliphatic hydroxyl groups excluding tert-OH is 3. The van der Waals surface area contributed by atoms with Crippen LogP contribution in [0.2, 0.25) is 0 Å². The molecule has 5 N–H and O–H groups in total. The normalized spacial score (nSPS) is 14.2. The van der Waals surface area contributed by atoms with E-state index in [4.69, 9.17) is 4.74 Å². The van der Waals surface area contributed by atoms with Gasteiger partial charge in [0.25, 0.3) is 0 Å². The van der Waals surface area contributed by atoms with Gasteiger partial charge in [0.1, 0.15) is 5.82 Å².